The maximum absolute atomic E-state index is 12.5. The molecule has 1 aliphatic heterocycles. The zero-order valence-electron chi connectivity index (χ0n) is 15.4. The fourth-order valence-corrected chi connectivity index (χ4v) is 4.33. The third-order valence-electron chi connectivity index (χ3n) is 5.99. The van der Waals surface area contributed by atoms with Crippen LogP contribution in [0.25, 0.3) is 11.3 Å². The summed E-state index contributed by atoms with van der Waals surface area (Å²) in [5, 5.41) is 0. The molecule has 132 valence electrons. The van der Waals surface area contributed by atoms with Crippen LogP contribution in [0.5, 0.6) is 0 Å². The first-order valence-electron chi connectivity index (χ1n) is 9.46. The van der Waals surface area contributed by atoms with Gasteiger partial charge in [-0.1, -0.05) is 25.0 Å². The highest BCUT2D eigenvalue weighted by molar-refractivity contribution is 5.80. The number of aromatic nitrogens is 2. The molecule has 0 spiro atoms. The molecule has 1 N–H and O–H groups in total. The lowest BCUT2D eigenvalue weighted by Gasteiger charge is -2.23. The smallest absolute Gasteiger partial charge is 0.223 e. The number of aromatic amines is 1. The number of amides is 1. The Balaban J connectivity index is 1.58. The zero-order chi connectivity index (χ0) is 17.6. The lowest BCUT2D eigenvalue weighted by atomic mass is 10.0. The second kappa shape index (κ2) is 6.32. The third-order valence-corrected chi connectivity index (χ3v) is 5.99. The van der Waals surface area contributed by atoms with Crippen molar-refractivity contribution in [2.75, 3.05) is 6.54 Å². The molecule has 2 aromatic rings. The third kappa shape index (κ3) is 2.99. The largest absolute Gasteiger partial charge is 0.345 e. The van der Waals surface area contributed by atoms with Gasteiger partial charge in [0, 0.05) is 36.2 Å². The first kappa shape index (κ1) is 16.4. The molecular formula is C21H27N3O. The van der Waals surface area contributed by atoms with Gasteiger partial charge in [0.15, 0.2) is 0 Å². The highest BCUT2D eigenvalue weighted by Crippen LogP contribution is 2.34. The fraction of sp³-hybridized carbons (Fsp3) is 0.524. The van der Waals surface area contributed by atoms with Gasteiger partial charge in [0.1, 0.15) is 5.82 Å². The van der Waals surface area contributed by atoms with Crippen molar-refractivity contribution in [3.8, 4) is 11.3 Å². The quantitative estimate of drug-likeness (QED) is 0.910. The predicted molar refractivity (Wildman–Crippen MR) is 99.6 cm³/mol. The van der Waals surface area contributed by atoms with E-state index in [1.807, 2.05) is 0 Å². The molecule has 1 aromatic carbocycles. The lowest BCUT2D eigenvalue weighted by molar-refractivity contribution is -0.129. The summed E-state index contributed by atoms with van der Waals surface area (Å²) in [5.74, 6) is 1.48. The van der Waals surface area contributed by atoms with Crippen molar-refractivity contribution in [1.82, 2.24) is 14.9 Å². The Bertz CT molecular complexity index is 801. The highest BCUT2D eigenvalue weighted by atomic mass is 16.2. The average Bonchev–Trinajstić information content (AvgIpc) is 3.29. The highest BCUT2D eigenvalue weighted by Gasteiger charge is 2.37. The summed E-state index contributed by atoms with van der Waals surface area (Å²) >= 11 is 0. The number of imidazole rings is 1. The molecule has 2 fully saturated rings. The van der Waals surface area contributed by atoms with E-state index in [1.54, 1.807) is 0 Å². The Hall–Kier alpha value is -2.10. The summed E-state index contributed by atoms with van der Waals surface area (Å²) in [5.41, 5.74) is 5.84. The monoisotopic (exact) mass is 337 g/mol. The molecule has 2 heterocycles. The number of aryl methyl sites for hydroxylation is 3. The van der Waals surface area contributed by atoms with Gasteiger partial charge in [0.25, 0.3) is 0 Å². The Morgan fingerprint density at radius 2 is 1.88 bits per heavy atom. The molecular weight excluding hydrogens is 310 g/mol. The van der Waals surface area contributed by atoms with Crippen LogP contribution < -0.4 is 0 Å². The minimum Gasteiger partial charge on any atom is -0.345 e. The first-order valence-corrected chi connectivity index (χ1v) is 9.46. The van der Waals surface area contributed by atoms with Crippen LogP contribution in [-0.4, -0.2) is 33.4 Å². The molecule has 1 amide bonds. The molecule has 1 atom stereocenters. The Labute approximate surface area is 149 Å². The number of hydrogen-bond donors (Lipinski definition) is 1. The average molecular weight is 337 g/mol. The van der Waals surface area contributed by atoms with E-state index < -0.39 is 0 Å². The summed E-state index contributed by atoms with van der Waals surface area (Å²) in [4.78, 5) is 22.9. The molecule has 1 saturated carbocycles. The SMILES string of the molecule is Cc1ccc(-c2nc([C@@H]3CC(=O)N(C4CCCC4)C3)[nH]c2C)cc1C. The van der Waals surface area contributed by atoms with Gasteiger partial charge < -0.3 is 9.88 Å². The molecule has 25 heavy (non-hydrogen) atoms. The lowest BCUT2D eigenvalue weighted by Crippen LogP contribution is -2.34. The minimum atomic E-state index is 0.201. The summed E-state index contributed by atoms with van der Waals surface area (Å²) in [6.45, 7) is 7.16. The number of rotatable bonds is 3. The number of likely N-dealkylation sites (tertiary alicyclic amines) is 1. The van der Waals surface area contributed by atoms with Crippen LogP contribution in [0.2, 0.25) is 0 Å². The normalized spacial score (nSPS) is 21.5. The van der Waals surface area contributed by atoms with Crippen LogP contribution in [0.3, 0.4) is 0 Å². The molecule has 1 saturated heterocycles. The Morgan fingerprint density at radius 1 is 1.12 bits per heavy atom. The summed E-state index contributed by atoms with van der Waals surface area (Å²) in [6, 6.07) is 6.96. The standard InChI is InChI=1S/C21H27N3O/c1-13-8-9-16(10-14(13)2)20-15(3)22-21(23-20)17-11-19(25)24(12-17)18-6-4-5-7-18/h8-10,17-18H,4-7,11-12H2,1-3H3,(H,22,23)/t17-/m1/s1. The molecule has 4 rings (SSSR count). The molecule has 4 heteroatoms. The van der Waals surface area contributed by atoms with Gasteiger partial charge in [-0.15, -0.1) is 0 Å². The van der Waals surface area contributed by atoms with Crippen LogP contribution in [0.4, 0.5) is 0 Å². The van der Waals surface area contributed by atoms with Gasteiger partial charge in [-0.25, -0.2) is 4.98 Å². The van der Waals surface area contributed by atoms with Gasteiger partial charge in [0.05, 0.1) is 5.69 Å². The first-order chi connectivity index (χ1) is 12.0. The van der Waals surface area contributed by atoms with E-state index in [0.717, 1.165) is 29.3 Å². The number of nitrogens with zero attached hydrogens (tertiary/aromatic N) is 2. The van der Waals surface area contributed by atoms with Crippen molar-refractivity contribution in [2.24, 2.45) is 0 Å². The topological polar surface area (TPSA) is 49.0 Å². The Morgan fingerprint density at radius 3 is 2.60 bits per heavy atom. The molecule has 1 aromatic heterocycles. The van der Waals surface area contributed by atoms with Crippen molar-refractivity contribution in [2.45, 2.75) is 64.8 Å². The second-order valence-corrected chi connectivity index (χ2v) is 7.78. The van der Waals surface area contributed by atoms with Crippen LogP contribution in [0.1, 0.15) is 60.7 Å². The van der Waals surface area contributed by atoms with Gasteiger partial charge in [-0.2, -0.15) is 0 Å². The van der Waals surface area contributed by atoms with Crippen molar-refractivity contribution in [3.63, 3.8) is 0 Å². The van der Waals surface area contributed by atoms with Crippen molar-refractivity contribution in [1.29, 1.82) is 0 Å². The second-order valence-electron chi connectivity index (χ2n) is 7.78. The van der Waals surface area contributed by atoms with E-state index in [2.05, 4.69) is 48.9 Å². The van der Waals surface area contributed by atoms with E-state index in [-0.39, 0.29) is 5.92 Å². The fourth-order valence-electron chi connectivity index (χ4n) is 4.33. The van der Waals surface area contributed by atoms with E-state index in [4.69, 9.17) is 4.98 Å². The van der Waals surface area contributed by atoms with E-state index in [0.29, 0.717) is 18.4 Å². The molecule has 0 unspecified atom stereocenters. The van der Waals surface area contributed by atoms with Crippen molar-refractivity contribution < 1.29 is 4.79 Å². The van der Waals surface area contributed by atoms with Crippen LogP contribution in [-0.2, 0) is 4.79 Å². The van der Waals surface area contributed by atoms with Crippen molar-refractivity contribution in [3.05, 3.63) is 40.8 Å². The van der Waals surface area contributed by atoms with Gasteiger partial charge in [0.2, 0.25) is 5.91 Å². The van der Waals surface area contributed by atoms with E-state index in [1.165, 1.54) is 36.8 Å². The zero-order valence-corrected chi connectivity index (χ0v) is 15.4. The number of benzene rings is 1. The van der Waals surface area contributed by atoms with Crippen LogP contribution in [0.15, 0.2) is 18.2 Å². The summed E-state index contributed by atoms with van der Waals surface area (Å²) in [6.07, 6.45) is 5.45. The molecule has 1 aliphatic carbocycles. The van der Waals surface area contributed by atoms with Crippen LogP contribution in [0, 0.1) is 20.8 Å². The number of H-pyrrole nitrogens is 1. The Kier molecular flexibility index (Phi) is 4.14. The van der Waals surface area contributed by atoms with Gasteiger partial charge >= 0.3 is 0 Å². The summed E-state index contributed by atoms with van der Waals surface area (Å²) < 4.78 is 0. The molecule has 4 nitrogen and oxygen atoms in total. The maximum atomic E-state index is 12.5. The van der Waals surface area contributed by atoms with Gasteiger partial charge in [-0.3, -0.25) is 4.79 Å². The number of carbonyl (C=O) groups excluding carboxylic acids is 1. The van der Waals surface area contributed by atoms with Gasteiger partial charge in [-0.05, 0) is 50.8 Å². The number of nitrogens with one attached hydrogen (secondary N) is 1. The molecule has 0 radical (unpaired) electrons. The summed E-state index contributed by atoms with van der Waals surface area (Å²) in [7, 11) is 0. The van der Waals surface area contributed by atoms with Crippen LogP contribution >= 0.6 is 0 Å². The maximum Gasteiger partial charge on any atom is 0.223 e. The molecule has 0 bridgehead atoms. The van der Waals surface area contributed by atoms with E-state index >= 15 is 0 Å². The molecule has 2 aliphatic rings. The predicted octanol–water partition coefficient (Wildman–Crippen LogP) is 4.26. The van der Waals surface area contributed by atoms with Crippen molar-refractivity contribution >= 4 is 5.91 Å². The minimum absolute atomic E-state index is 0.201. The number of hydrogen-bond acceptors (Lipinski definition) is 2. The van der Waals surface area contributed by atoms with E-state index in [9.17, 15) is 4.79 Å². The number of carbonyl (C=O) groups is 1.